The van der Waals surface area contributed by atoms with E-state index in [1.807, 2.05) is 7.05 Å². The Bertz CT molecular complexity index is 396. The lowest BCUT2D eigenvalue weighted by Gasteiger charge is -2.11. The van der Waals surface area contributed by atoms with Crippen molar-refractivity contribution in [2.45, 2.75) is 12.8 Å². The van der Waals surface area contributed by atoms with E-state index in [2.05, 4.69) is 10.1 Å². The van der Waals surface area contributed by atoms with Crippen LogP contribution in [0.2, 0.25) is 5.02 Å². The van der Waals surface area contributed by atoms with E-state index in [0.29, 0.717) is 17.4 Å². The summed E-state index contributed by atoms with van der Waals surface area (Å²) in [4.78, 5) is 11.6. The van der Waals surface area contributed by atoms with Gasteiger partial charge in [0.1, 0.15) is 11.3 Å². The van der Waals surface area contributed by atoms with Crippen LogP contribution in [0.15, 0.2) is 18.2 Å². The molecule has 0 atom stereocenters. The fourth-order valence-corrected chi connectivity index (χ4v) is 1.75. The molecule has 1 aromatic carbocycles. The Labute approximate surface area is 112 Å². The van der Waals surface area contributed by atoms with Crippen LogP contribution in [-0.4, -0.2) is 33.3 Å². The van der Waals surface area contributed by atoms with Crippen LogP contribution in [0.4, 0.5) is 0 Å². The molecule has 0 radical (unpaired) electrons. The molecule has 1 aromatic rings. The van der Waals surface area contributed by atoms with Crippen molar-refractivity contribution in [1.29, 1.82) is 0 Å². The average molecular weight is 272 g/mol. The van der Waals surface area contributed by atoms with Gasteiger partial charge in [0.25, 0.3) is 0 Å². The summed E-state index contributed by atoms with van der Waals surface area (Å²) < 4.78 is 10.3. The van der Waals surface area contributed by atoms with Crippen molar-refractivity contribution >= 4 is 17.6 Å². The van der Waals surface area contributed by atoms with E-state index >= 15 is 0 Å². The van der Waals surface area contributed by atoms with E-state index in [-0.39, 0.29) is 5.56 Å². The van der Waals surface area contributed by atoms with Gasteiger partial charge in [-0.15, -0.1) is 0 Å². The zero-order valence-corrected chi connectivity index (χ0v) is 11.4. The molecule has 5 heteroatoms. The van der Waals surface area contributed by atoms with Gasteiger partial charge in [0.2, 0.25) is 0 Å². The second-order valence-corrected chi connectivity index (χ2v) is 4.17. The number of unbranched alkanes of at least 4 members (excludes halogenated alkanes) is 1. The van der Waals surface area contributed by atoms with Gasteiger partial charge in [0, 0.05) is 0 Å². The first-order chi connectivity index (χ1) is 8.70. The lowest BCUT2D eigenvalue weighted by molar-refractivity contribution is 0.0596. The van der Waals surface area contributed by atoms with Crippen LogP contribution in [-0.2, 0) is 4.74 Å². The van der Waals surface area contributed by atoms with Crippen molar-refractivity contribution in [3.63, 3.8) is 0 Å². The Morgan fingerprint density at radius 2 is 2.17 bits per heavy atom. The predicted octanol–water partition coefficient (Wildman–Crippen LogP) is 2.51. The van der Waals surface area contributed by atoms with E-state index in [9.17, 15) is 4.79 Å². The minimum absolute atomic E-state index is 0.287. The van der Waals surface area contributed by atoms with E-state index in [4.69, 9.17) is 16.3 Å². The number of methoxy groups -OCH3 is 1. The zero-order chi connectivity index (χ0) is 13.4. The number of carbonyl (C=O) groups is 1. The molecule has 18 heavy (non-hydrogen) atoms. The molecule has 0 fully saturated rings. The van der Waals surface area contributed by atoms with Crippen molar-refractivity contribution in [2.24, 2.45) is 0 Å². The highest BCUT2D eigenvalue weighted by atomic mass is 35.5. The highest BCUT2D eigenvalue weighted by Gasteiger charge is 2.16. The molecule has 0 bridgehead atoms. The third kappa shape index (κ3) is 4.20. The molecule has 4 nitrogen and oxygen atoms in total. The second-order valence-electron chi connectivity index (χ2n) is 3.76. The Kier molecular flexibility index (Phi) is 6.54. The van der Waals surface area contributed by atoms with Crippen LogP contribution < -0.4 is 10.1 Å². The molecule has 1 N–H and O–H groups in total. The summed E-state index contributed by atoms with van der Waals surface area (Å²) in [5.41, 5.74) is 0.287. The molecule has 0 amide bonds. The van der Waals surface area contributed by atoms with E-state index in [0.717, 1.165) is 19.4 Å². The van der Waals surface area contributed by atoms with Gasteiger partial charge in [-0.3, -0.25) is 0 Å². The fourth-order valence-electron chi connectivity index (χ4n) is 1.51. The zero-order valence-electron chi connectivity index (χ0n) is 10.7. The smallest absolute Gasteiger partial charge is 0.343 e. The van der Waals surface area contributed by atoms with Crippen LogP contribution in [0.25, 0.3) is 0 Å². The maximum absolute atomic E-state index is 11.6. The molecular formula is C13H18ClNO3. The number of benzene rings is 1. The first-order valence-corrected chi connectivity index (χ1v) is 6.22. The molecule has 0 aliphatic carbocycles. The van der Waals surface area contributed by atoms with Crippen molar-refractivity contribution in [1.82, 2.24) is 5.32 Å². The molecule has 0 saturated heterocycles. The molecular weight excluding hydrogens is 254 g/mol. The standard InChI is InChI=1S/C13H18ClNO3/c1-15-8-3-4-9-18-11-7-5-6-10(14)12(11)13(16)17-2/h5-7,15H,3-4,8-9H2,1-2H3. The lowest BCUT2D eigenvalue weighted by Crippen LogP contribution is -2.10. The van der Waals surface area contributed by atoms with Gasteiger partial charge < -0.3 is 14.8 Å². The summed E-state index contributed by atoms with van der Waals surface area (Å²) >= 11 is 5.97. The Balaban J connectivity index is 2.64. The van der Waals surface area contributed by atoms with Crippen LogP contribution in [0.3, 0.4) is 0 Å². The molecule has 0 unspecified atom stereocenters. The van der Waals surface area contributed by atoms with E-state index in [1.54, 1.807) is 18.2 Å². The lowest BCUT2D eigenvalue weighted by atomic mass is 10.2. The normalized spacial score (nSPS) is 10.2. The summed E-state index contributed by atoms with van der Waals surface area (Å²) in [5.74, 6) is -0.00960. The summed E-state index contributed by atoms with van der Waals surface area (Å²) in [7, 11) is 3.23. The number of esters is 1. The third-order valence-electron chi connectivity index (χ3n) is 2.44. The molecule has 0 aliphatic heterocycles. The second kappa shape index (κ2) is 7.95. The number of hydrogen-bond donors (Lipinski definition) is 1. The van der Waals surface area contributed by atoms with Crippen molar-refractivity contribution in [2.75, 3.05) is 27.3 Å². The summed E-state index contributed by atoms with van der Waals surface area (Å²) in [6, 6.07) is 5.11. The maximum atomic E-state index is 11.6. The van der Waals surface area contributed by atoms with Gasteiger partial charge in [0.15, 0.2) is 0 Å². The van der Waals surface area contributed by atoms with E-state index < -0.39 is 5.97 Å². The Morgan fingerprint density at radius 3 is 2.83 bits per heavy atom. The van der Waals surface area contributed by atoms with Gasteiger partial charge in [-0.2, -0.15) is 0 Å². The van der Waals surface area contributed by atoms with Crippen LogP contribution >= 0.6 is 11.6 Å². The van der Waals surface area contributed by atoms with Gasteiger partial charge in [-0.1, -0.05) is 17.7 Å². The molecule has 0 saturated carbocycles. The van der Waals surface area contributed by atoms with Crippen LogP contribution in [0.1, 0.15) is 23.2 Å². The first-order valence-electron chi connectivity index (χ1n) is 5.85. The summed E-state index contributed by atoms with van der Waals surface area (Å²) in [6.45, 7) is 1.49. The van der Waals surface area contributed by atoms with Gasteiger partial charge in [-0.05, 0) is 38.6 Å². The number of halogens is 1. The summed E-state index contributed by atoms with van der Waals surface area (Å²) in [6.07, 6.45) is 1.93. The highest BCUT2D eigenvalue weighted by Crippen LogP contribution is 2.27. The Morgan fingerprint density at radius 1 is 1.39 bits per heavy atom. The molecule has 0 heterocycles. The third-order valence-corrected chi connectivity index (χ3v) is 2.76. The van der Waals surface area contributed by atoms with Crippen molar-refractivity contribution in [3.8, 4) is 5.75 Å². The predicted molar refractivity (Wildman–Crippen MR) is 71.4 cm³/mol. The van der Waals surface area contributed by atoms with E-state index in [1.165, 1.54) is 7.11 Å². The number of nitrogens with one attached hydrogen (secondary N) is 1. The summed E-state index contributed by atoms with van der Waals surface area (Å²) in [5, 5.41) is 3.41. The minimum atomic E-state index is -0.481. The number of rotatable bonds is 7. The van der Waals surface area contributed by atoms with Gasteiger partial charge >= 0.3 is 5.97 Å². The maximum Gasteiger partial charge on any atom is 0.343 e. The average Bonchev–Trinajstić information content (AvgIpc) is 2.38. The SMILES string of the molecule is CNCCCCOc1cccc(Cl)c1C(=O)OC. The number of hydrogen-bond acceptors (Lipinski definition) is 4. The molecule has 0 aromatic heterocycles. The topological polar surface area (TPSA) is 47.6 Å². The molecule has 100 valence electrons. The van der Waals surface area contributed by atoms with Crippen LogP contribution in [0.5, 0.6) is 5.75 Å². The van der Waals surface area contributed by atoms with Gasteiger partial charge in [-0.25, -0.2) is 4.79 Å². The number of carbonyl (C=O) groups excluding carboxylic acids is 1. The monoisotopic (exact) mass is 271 g/mol. The fraction of sp³-hybridized carbons (Fsp3) is 0.462. The largest absolute Gasteiger partial charge is 0.493 e. The quantitative estimate of drug-likeness (QED) is 0.611. The van der Waals surface area contributed by atoms with Crippen LogP contribution in [0, 0.1) is 0 Å². The minimum Gasteiger partial charge on any atom is -0.493 e. The molecule has 0 aliphatic rings. The molecule has 1 rings (SSSR count). The first kappa shape index (κ1) is 14.8. The van der Waals surface area contributed by atoms with Crippen molar-refractivity contribution < 1.29 is 14.3 Å². The Hall–Kier alpha value is -1.26. The van der Waals surface area contributed by atoms with Gasteiger partial charge in [0.05, 0.1) is 18.7 Å². The molecule has 0 spiro atoms. The highest BCUT2D eigenvalue weighted by molar-refractivity contribution is 6.34. The van der Waals surface area contributed by atoms with Crippen molar-refractivity contribution in [3.05, 3.63) is 28.8 Å². The number of ether oxygens (including phenoxy) is 2.